The van der Waals surface area contributed by atoms with Gasteiger partial charge in [-0.2, -0.15) is 0 Å². The number of carbonyl (C=O) groups is 1. The molecule has 1 fully saturated rings. The van der Waals surface area contributed by atoms with Gasteiger partial charge in [-0.1, -0.05) is 11.6 Å². The molecule has 170 valence electrons. The van der Waals surface area contributed by atoms with Gasteiger partial charge in [0.2, 0.25) is 5.91 Å². The highest BCUT2D eigenvalue weighted by Gasteiger charge is 2.36. The van der Waals surface area contributed by atoms with Crippen LogP contribution in [0.15, 0.2) is 30.6 Å². The Bertz CT molecular complexity index is 1130. The normalized spacial score (nSPS) is 18.8. The smallest absolute Gasteiger partial charge is 0.222 e. The number of fused-ring (bicyclic) bond motifs is 1. The fourth-order valence-corrected chi connectivity index (χ4v) is 4.60. The topological polar surface area (TPSA) is 87.4 Å². The van der Waals surface area contributed by atoms with Gasteiger partial charge in [-0.25, -0.2) is 15.0 Å². The van der Waals surface area contributed by atoms with Crippen LogP contribution in [0.2, 0.25) is 5.02 Å². The van der Waals surface area contributed by atoms with Crippen molar-refractivity contribution in [2.24, 2.45) is 7.05 Å². The summed E-state index contributed by atoms with van der Waals surface area (Å²) in [6.07, 6.45) is 3.88. The number of amides is 1. The number of carbonyl (C=O) groups excluding carboxylic acids is 1. The molecule has 2 aromatic heterocycles. The van der Waals surface area contributed by atoms with Crippen LogP contribution in [0.3, 0.4) is 0 Å². The van der Waals surface area contributed by atoms with Crippen molar-refractivity contribution < 1.29 is 9.90 Å². The molecule has 8 nitrogen and oxygen atoms in total. The lowest BCUT2D eigenvalue weighted by atomic mass is 9.92. The van der Waals surface area contributed by atoms with Gasteiger partial charge in [0.15, 0.2) is 0 Å². The summed E-state index contributed by atoms with van der Waals surface area (Å²) in [5.74, 6) is 1.63. The van der Waals surface area contributed by atoms with E-state index in [1.54, 1.807) is 18.3 Å². The molecule has 1 saturated heterocycles. The van der Waals surface area contributed by atoms with Gasteiger partial charge in [-0.15, -0.1) is 0 Å². The van der Waals surface area contributed by atoms with Crippen molar-refractivity contribution in [1.82, 2.24) is 24.4 Å². The number of benzene rings is 1. The quantitative estimate of drug-likeness (QED) is 0.613. The van der Waals surface area contributed by atoms with E-state index in [9.17, 15) is 9.90 Å². The highest BCUT2D eigenvalue weighted by atomic mass is 35.5. The lowest BCUT2D eigenvalue weighted by molar-refractivity contribution is -0.133. The Kier molecular flexibility index (Phi) is 6.35. The monoisotopic (exact) mass is 456 g/mol. The van der Waals surface area contributed by atoms with Gasteiger partial charge in [0.25, 0.3) is 0 Å². The molecule has 1 N–H and O–H groups in total. The Morgan fingerprint density at radius 1 is 1.31 bits per heavy atom. The number of hydrogen-bond acceptors (Lipinski definition) is 6. The van der Waals surface area contributed by atoms with Gasteiger partial charge >= 0.3 is 0 Å². The number of aryl methyl sites for hydroxylation is 3. The number of aromatic nitrogens is 4. The molecule has 0 saturated carbocycles. The Morgan fingerprint density at radius 3 is 2.91 bits per heavy atom. The molecule has 3 heterocycles. The van der Waals surface area contributed by atoms with E-state index in [1.807, 2.05) is 42.8 Å². The van der Waals surface area contributed by atoms with Crippen molar-refractivity contribution >= 4 is 34.4 Å². The minimum absolute atomic E-state index is 0.0153. The van der Waals surface area contributed by atoms with Gasteiger partial charge in [0.05, 0.1) is 23.2 Å². The molecule has 0 spiro atoms. The zero-order chi connectivity index (χ0) is 22.9. The minimum Gasteiger partial charge on any atom is -0.386 e. The van der Waals surface area contributed by atoms with Gasteiger partial charge in [-0.05, 0) is 38.0 Å². The molecule has 0 radical (unpaired) electrons. The molecule has 1 aliphatic rings. The molecule has 1 atom stereocenters. The van der Waals surface area contributed by atoms with Crippen molar-refractivity contribution in [3.05, 3.63) is 47.1 Å². The van der Waals surface area contributed by atoms with Crippen LogP contribution < -0.4 is 4.90 Å². The Balaban J connectivity index is 1.37. The highest BCUT2D eigenvalue weighted by molar-refractivity contribution is 6.31. The first kappa shape index (κ1) is 22.5. The summed E-state index contributed by atoms with van der Waals surface area (Å²) in [6, 6.07) is 7.53. The fraction of sp³-hybridized carbons (Fsp3) is 0.478. The summed E-state index contributed by atoms with van der Waals surface area (Å²) >= 11 is 6.07. The zero-order valence-corrected chi connectivity index (χ0v) is 19.5. The van der Waals surface area contributed by atoms with E-state index in [2.05, 4.69) is 19.9 Å². The first-order valence-corrected chi connectivity index (χ1v) is 11.2. The summed E-state index contributed by atoms with van der Waals surface area (Å²) in [6.45, 7) is 3.47. The fourth-order valence-electron chi connectivity index (χ4n) is 4.44. The lowest BCUT2D eigenvalue weighted by Gasteiger charge is -2.41. The van der Waals surface area contributed by atoms with E-state index in [4.69, 9.17) is 11.6 Å². The molecule has 0 bridgehead atoms. The van der Waals surface area contributed by atoms with E-state index in [0.29, 0.717) is 30.8 Å². The molecule has 4 rings (SSSR count). The van der Waals surface area contributed by atoms with Crippen molar-refractivity contribution in [3.63, 3.8) is 0 Å². The van der Waals surface area contributed by atoms with Crippen LogP contribution >= 0.6 is 11.6 Å². The van der Waals surface area contributed by atoms with Crippen LogP contribution in [0.1, 0.15) is 30.8 Å². The van der Waals surface area contributed by atoms with Gasteiger partial charge < -0.3 is 19.5 Å². The SMILES string of the molecule is Cc1cc(N2CCCC(O)(CN(C)C(=O)CCc3nc4cc(Cl)ccc4n3C)C2)ncn1. The number of piperidine rings is 1. The maximum absolute atomic E-state index is 12.8. The summed E-state index contributed by atoms with van der Waals surface area (Å²) in [5, 5.41) is 11.9. The molecule has 9 heteroatoms. The predicted molar refractivity (Wildman–Crippen MR) is 125 cm³/mol. The van der Waals surface area contributed by atoms with E-state index >= 15 is 0 Å². The van der Waals surface area contributed by atoms with E-state index in [0.717, 1.165) is 41.3 Å². The number of β-amino-alcohol motifs (C(OH)–C–C–N with tert-alkyl or cyclic N) is 1. The summed E-state index contributed by atoms with van der Waals surface area (Å²) in [5.41, 5.74) is 1.73. The number of rotatable bonds is 6. The largest absolute Gasteiger partial charge is 0.386 e. The second-order valence-electron chi connectivity index (χ2n) is 8.74. The van der Waals surface area contributed by atoms with Crippen molar-refractivity contribution in [3.8, 4) is 0 Å². The maximum atomic E-state index is 12.8. The average molecular weight is 457 g/mol. The van der Waals surface area contributed by atoms with Gasteiger partial charge in [0.1, 0.15) is 18.0 Å². The number of hydrogen-bond donors (Lipinski definition) is 1. The summed E-state index contributed by atoms with van der Waals surface area (Å²) in [4.78, 5) is 29.6. The molecule has 1 aromatic carbocycles. The molecule has 1 unspecified atom stereocenters. The molecule has 1 aliphatic heterocycles. The molecular weight excluding hydrogens is 428 g/mol. The standard InChI is InChI=1S/C23H29ClN6O2/c1-16-11-21(26-15-25-16)30-10-4-9-23(32,14-30)13-28(2)22(31)8-7-20-27-18-12-17(24)5-6-19(18)29(20)3/h5-6,11-12,15,32H,4,7-10,13-14H2,1-3H3. The third-order valence-corrected chi connectivity index (χ3v) is 6.36. The number of aliphatic hydroxyl groups is 1. The van der Waals surface area contributed by atoms with Crippen LogP contribution in [-0.2, 0) is 18.3 Å². The molecule has 1 amide bonds. The highest BCUT2D eigenvalue weighted by Crippen LogP contribution is 2.26. The third-order valence-electron chi connectivity index (χ3n) is 6.12. The predicted octanol–water partition coefficient (Wildman–Crippen LogP) is 2.75. The van der Waals surface area contributed by atoms with Gasteiger partial charge in [0, 0.05) is 56.8 Å². The second-order valence-corrected chi connectivity index (χ2v) is 9.17. The van der Waals surface area contributed by atoms with E-state index in [-0.39, 0.29) is 12.5 Å². The maximum Gasteiger partial charge on any atom is 0.222 e. The molecule has 32 heavy (non-hydrogen) atoms. The number of anilines is 1. The van der Waals surface area contributed by atoms with Crippen LogP contribution in [-0.4, -0.2) is 67.7 Å². The minimum atomic E-state index is -0.976. The third kappa shape index (κ3) is 4.86. The molecular formula is C23H29ClN6O2. The molecule has 3 aromatic rings. The second kappa shape index (κ2) is 9.03. The summed E-state index contributed by atoms with van der Waals surface area (Å²) < 4.78 is 2.00. The van der Waals surface area contributed by atoms with Crippen molar-refractivity contribution in [2.45, 2.75) is 38.2 Å². The van der Waals surface area contributed by atoms with Crippen LogP contribution in [0, 0.1) is 6.92 Å². The first-order chi connectivity index (χ1) is 15.2. The van der Waals surface area contributed by atoms with E-state index in [1.165, 1.54) is 0 Å². The number of nitrogens with zero attached hydrogens (tertiary/aromatic N) is 6. The van der Waals surface area contributed by atoms with Gasteiger partial charge in [-0.3, -0.25) is 4.79 Å². The Hall–Kier alpha value is -2.71. The summed E-state index contributed by atoms with van der Waals surface area (Å²) in [7, 11) is 3.70. The van der Waals surface area contributed by atoms with Crippen molar-refractivity contribution in [1.29, 1.82) is 0 Å². The Labute approximate surface area is 192 Å². The van der Waals surface area contributed by atoms with Crippen LogP contribution in [0.5, 0.6) is 0 Å². The zero-order valence-electron chi connectivity index (χ0n) is 18.8. The molecule has 0 aliphatic carbocycles. The van der Waals surface area contributed by atoms with Crippen molar-refractivity contribution in [2.75, 3.05) is 31.6 Å². The number of likely N-dealkylation sites (N-methyl/N-ethyl adjacent to an activating group) is 1. The first-order valence-electron chi connectivity index (χ1n) is 10.8. The Morgan fingerprint density at radius 2 is 2.12 bits per heavy atom. The van der Waals surface area contributed by atoms with E-state index < -0.39 is 5.60 Å². The number of imidazole rings is 1. The average Bonchev–Trinajstić information content (AvgIpc) is 3.06. The lowest BCUT2D eigenvalue weighted by Crippen LogP contribution is -2.55. The number of halogens is 1. The van der Waals surface area contributed by atoms with Crippen LogP contribution in [0.25, 0.3) is 11.0 Å². The van der Waals surface area contributed by atoms with Crippen LogP contribution in [0.4, 0.5) is 5.82 Å².